The minimum absolute atomic E-state index is 0.0808. The molecule has 2 aromatic heterocycles. The average Bonchev–Trinajstić information content (AvgIpc) is 1.57. The molecule has 0 saturated heterocycles. The Morgan fingerprint density at radius 2 is 0.876 bits per heavy atom. The van der Waals surface area contributed by atoms with Gasteiger partial charge in [0.25, 0.3) is 5.91 Å². The van der Waals surface area contributed by atoms with Gasteiger partial charge in [0, 0.05) is 85.4 Å². The number of primary amides is 2. The lowest BCUT2D eigenvalue weighted by Crippen LogP contribution is -2.61. The Morgan fingerprint density at radius 1 is 0.445 bits per heavy atom. The topological polar surface area (TPSA) is 830 Å². The molecule has 2 aliphatic heterocycles. The zero-order valence-electron chi connectivity index (χ0n) is 75.5. The molecule has 17 amide bonds. The Hall–Kier alpha value is -16.4. The molecule has 30 N–H and O–H groups in total. The van der Waals surface area contributed by atoms with Crippen LogP contribution in [0.1, 0.15) is 168 Å². The number of hydrogen-bond acceptors (Lipinski definition) is 28. The highest BCUT2D eigenvalue weighted by atomic mass is 16.6. The Balaban J connectivity index is 0.941. The number of carbonyl (C=O) groups excluding carboxylic acids is 18. The van der Waals surface area contributed by atoms with E-state index in [9.17, 15) is 126 Å². The van der Waals surface area contributed by atoms with Crippen molar-refractivity contribution in [3.63, 3.8) is 0 Å². The van der Waals surface area contributed by atoms with Crippen LogP contribution in [-0.4, -0.2) is 274 Å². The van der Waals surface area contributed by atoms with Crippen molar-refractivity contribution in [3.8, 4) is 23.0 Å². The number of carboxylic acid groups (broad SMARTS) is 3. The van der Waals surface area contributed by atoms with Crippen LogP contribution >= 0.6 is 0 Å². The van der Waals surface area contributed by atoms with E-state index in [1.807, 2.05) is 0 Å². The number of aromatic nitrogens is 4. The Morgan fingerprint density at radius 3 is 1.37 bits per heavy atom. The van der Waals surface area contributed by atoms with E-state index < -0.39 is 278 Å². The Kier molecular flexibility index (Phi) is 39.2. The molecular weight excluding hydrogens is 1810 g/mol. The highest BCUT2D eigenvalue weighted by molar-refractivity contribution is 6.05. The molecule has 0 saturated carbocycles. The van der Waals surface area contributed by atoms with Crippen LogP contribution in [0.5, 0.6) is 23.0 Å². The third-order valence-corrected chi connectivity index (χ3v) is 21.7. The van der Waals surface area contributed by atoms with Crippen molar-refractivity contribution in [2.75, 3.05) is 19.6 Å². The number of H-pyrrole nitrogens is 2. The molecule has 0 aliphatic carbocycles. The lowest BCUT2D eigenvalue weighted by atomic mass is 9.77. The van der Waals surface area contributed by atoms with Crippen LogP contribution in [0.2, 0.25) is 0 Å². The summed E-state index contributed by atoms with van der Waals surface area (Å²) in [7, 11) is 0. The van der Waals surface area contributed by atoms with Gasteiger partial charge in [-0.3, -0.25) is 96.5 Å². The van der Waals surface area contributed by atoms with E-state index in [-0.39, 0.29) is 95.7 Å². The molecule has 137 heavy (non-hydrogen) atoms. The predicted molar refractivity (Wildman–Crippen MR) is 473 cm³/mol. The number of phenolic OH excluding ortho intramolecular Hbond substituents is 2. The van der Waals surface area contributed by atoms with Gasteiger partial charge in [0.15, 0.2) is 11.6 Å². The van der Waals surface area contributed by atoms with Crippen molar-refractivity contribution in [1.29, 1.82) is 5.41 Å². The van der Waals surface area contributed by atoms with Gasteiger partial charge in [0.1, 0.15) is 102 Å². The number of benzene rings is 3. The molecule has 740 valence electrons. The number of hydrogen-bond donors (Lipinski definition) is 27. The molecule has 52 heteroatoms. The molecule has 5 aromatic rings. The summed E-state index contributed by atoms with van der Waals surface area (Å²) < 4.78 is 12.1. The molecule has 52 nitrogen and oxygen atoms in total. The van der Waals surface area contributed by atoms with E-state index in [0.717, 1.165) is 13.8 Å². The van der Waals surface area contributed by atoms with Crippen LogP contribution in [0, 0.1) is 17.2 Å². The quantitative estimate of drug-likeness (QED) is 0.00745. The fourth-order valence-corrected chi connectivity index (χ4v) is 14.1. The summed E-state index contributed by atoms with van der Waals surface area (Å²) in [6.45, 7) is 9.24. The maximum atomic E-state index is 14.3. The number of ether oxygens (including phenoxy) is 2. The number of nitrogens with one attached hydrogen (secondary N) is 19. The molecule has 2 aliphatic rings. The molecule has 14 atom stereocenters. The number of carboxylic acids is 3. The number of nitrogens with zero attached hydrogens (tertiary/aromatic N) is 2. The second-order valence-corrected chi connectivity index (χ2v) is 32.7. The predicted octanol–water partition coefficient (Wildman–Crippen LogP) is -6.25. The number of aliphatic carboxylic acids is 3. The number of nitrogens with two attached hydrogens (primary N) is 3. The van der Waals surface area contributed by atoms with E-state index >= 15 is 0 Å². The molecule has 0 bridgehead atoms. The number of aromatic amines is 2. The van der Waals surface area contributed by atoms with Crippen LogP contribution in [0.15, 0.2) is 79.6 Å². The smallest absolute Gasteiger partial charge is 0.340 e. The van der Waals surface area contributed by atoms with E-state index in [0.29, 0.717) is 11.1 Å². The van der Waals surface area contributed by atoms with Gasteiger partial charge < -0.3 is 147 Å². The number of guanidine groups is 1. The van der Waals surface area contributed by atoms with Crippen LogP contribution < -0.4 is 107 Å². The van der Waals surface area contributed by atoms with Gasteiger partial charge in [-0.2, -0.15) is 0 Å². The fourth-order valence-electron chi connectivity index (χ4n) is 14.1. The number of rotatable bonds is 53. The van der Waals surface area contributed by atoms with Gasteiger partial charge in [-0.05, 0) is 108 Å². The average molecular weight is 1920 g/mol. The van der Waals surface area contributed by atoms with E-state index in [2.05, 4.69) is 105 Å². The van der Waals surface area contributed by atoms with Crippen LogP contribution in [0.3, 0.4) is 0 Å². The summed E-state index contributed by atoms with van der Waals surface area (Å²) >= 11 is 0. The third kappa shape index (κ3) is 31.4. The normalized spacial score (nSPS) is 15.0. The Bertz CT molecular complexity index is 5310. The lowest BCUT2D eigenvalue weighted by Gasteiger charge is -2.36. The molecule has 3 aromatic carbocycles. The summed E-state index contributed by atoms with van der Waals surface area (Å²) in [4.78, 5) is 296. The van der Waals surface area contributed by atoms with Gasteiger partial charge in [-0.15, -0.1) is 0 Å². The van der Waals surface area contributed by atoms with Gasteiger partial charge in [-0.25, -0.2) is 19.6 Å². The minimum atomic E-state index is -1.99. The first kappa shape index (κ1) is 108. The summed E-state index contributed by atoms with van der Waals surface area (Å²) in [5.74, 6) is -25.4. The number of esters is 1. The van der Waals surface area contributed by atoms with E-state index in [4.69, 9.17) is 32.1 Å². The summed E-state index contributed by atoms with van der Waals surface area (Å²) in [5, 5.41) is 94.7. The van der Waals surface area contributed by atoms with Crippen LogP contribution in [0.25, 0.3) is 0 Å². The number of aromatic hydroxyl groups is 2. The summed E-state index contributed by atoms with van der Waals surface area (Å²) in [5.41, 5.74) is 15.5. The number of fused-ring (bicyclic) bond motifs is 6. The van der Waals surface area contributed by atoms with E-state index in [1.54, 1.807) is 6.92 Å². The molecule has 0 fully saturated rings. The van der Waals surface area contributed by atoms with Crippen LogP contribution in [0.4, 0.5) is 0 Å². The molecule has 0 radical (unpaired) electrons. The SMILES string of the molecule is CC[C@H](C)[C@H](NC(=O)[C@H](CCC(=O)O)NC(=O)[C@H](C)NC(=O)[C@H](Cc1c[nH]cn1)NC(=O)[C@H](C)NC(=O)CNC(=O)[C@H](Cc1c[nH]cn1)NC(=O)[C@@H](NC(=O)[C@H](C)NC(=O)[C@H](CCC(N)=O)NC(=O)c1ccc2c(c1)C(=O)OC21c2ccc(O)cc2Oc2cc(O)ccc21)C(C)C)C(=O)N[C@@H](CC(N)=O)C(=O)N[C@@H](CCC(=O)O)C(=O)N[C@@H](C)C(=O)NCC(=O)N[C@@H](CCCNC(=N)N)C(=O)O. The minimum Gasteiger partial charge on any atom is -0.508 e. The third-order valence-electron chi connectivity index (χ3n) is 21.7. The molecule has 4 heterocycles. The maximum absolute atomic E-state index is 14.3. The van der Waals surface area contributed by atoms with Crippen LogP contribution in [-0.2, 0) is 114 Å². The van der Waals surface area contributed by atoms with Gasteiger partial charge >= 0.3 is 23.9 Å². The van der Waals surface area contributed by atoms with Crippen molar-refractivity contribution in [1.82, 2.24) is 105 Å². The van der Waals surface area contributed by atoms with Crippen molar-refractivity contribution in [2.24, 2.45) is 29.0 Å². The van der Waals surface area contributed by atoms with Gasteiger partial charge in [0.2, 0.25) is 94.5 Å². The largest absolute Gasteiger partial charge is 0.508 e. The second-order valence-electron chi connectivity index (χ2n) is 32.7. The number of imidazole rings is 2. The number of phenols is 2. The number of amides is 17. The lowest BCUT2D eigenvalue weighted by molar-refractivity contribution is -0.142. The van der Waals surface area contributed by atoms with Gasteiger partial charge in [-0.1, -0.05) is 40.2 Å². The van der Waals surface area contributed by atoms with E-state index in [1.165, 1.54) is 114 Å². The fraction of sp³-hybridized carbons (Fsp3) is 0.459. The summed E-state index contributed by atoms with van der Waals surface area (Å²) in [6.07, 6.45) is -0.0532. The monoisotopic (exact) mass is 1920 g/mol. The number of carbonyl (C=O) groups is 21. The molecule has 7 rings (SSSR count). The van der Waals surface area contributed by atoms with Gasteiger partial charge in [0.05, 0.1) is 49.1 Å². The molecule has 0 unspecified atom stereocenters. The first-order valence-electron chi connectivity index (χ1n) is 43.1. The van der Waals surface area contributed by atoms with Crippen molar-refractivity contribution in [2.45, 2.75) is 217 Å². The zero-order chi connectivity index (χ0) is 102. The first-order valence-corrected chi connectivity index (χ1v) is 43.1. The van der Waals surface area contributed by atoms with Crippen molar-refractivity contribution in [3.05, 3.63) is 119 Å². The highest BCUT2D eigenvalue weighted by Gasteiger charge is 2.54. The summed E-state index contributed by atoms with van der Waals surface area (Å²) in [6, 6.07) is -8.82. The van der Waals surface area contributed by atoms with Crippen molar-refractivity contribution >= 4 is 130 Å². The highest BCUT2D eigenvalue weighted by Crippen LogP contribution is 2.57. The zero-order valence-corrected chi connectivity index (χ0v) is 75.5. The second kappa shape index (κ2) is 49.9. The maximum Gasteiger partial charge on any atom is 0.340 e. The Labute approximate surface area is 780 Å². The van der Waals surface area contributed by atoms with Crippen molar-refractivity contribution < 1.29 is 136 Å². The standard InChI is InChI=1S/C85H112N24O28/c1-9-38(4)68(81(132)107-58(30-62(87)113)79(130)104-53(19-22-65(116)117)76(127)98-39(5)69(120)93-34-64(115)101-55(82(133)134)11-10-24-92-84(88)89)109-77(128)54(20-23-66(118)119)102-71(122)41(7)100-78(129)57(27-45-32-91-36-96-45)105-70(121)40(6)97-63(114)33-94-74(125)56(26-44-31-90-35-95-44)106-80(131)67(37(2)3)108-72(123)42(8)99-75(126)52(18-21-61(86)112)103-73(124)43-12-15-49-48(25-43)83(135)137-85(49)50-16-13-46(110)28-59(50)136-60-29-47(111)14-17-51(60)85/h12-17,25,28-29,31-32,35-42,52-58,67-68,110-111H,9-11,18-24,26-27,30,33-34H2,1-8H3,(H2,86,112)(H2,87,113)(H,90,95)(H,91,96)(H,93,120)(H,94,125)(H,97,114)(H,98,127)(H,99,126)(H,100,129)(H,101,115)(H,102,122)(H,103,124)(H,104,130)(H,105,121)(H,106,131)(H,107,132)(H,108,123)(H,109,128)(H,116,117)(H,118,119)(H,133,134)(H4,88,89,92)/t38-,39-,40-,41-,42-,52-,53-,54-,55-,56-,57-,58-,67-,68-/m0/s1. The first-order chi connectivity index (χ1) is 64.6. The molecular formula is C85H112N24O28. The molecule has 1 spiro atoms.